The zero-order chi connectivity index (χ0) is 21.2. The normalized spacial score (nSPS) is 14.8. The summed E-state index contributed by atoms with van der Waals surface area (Å²) >= 11 is 0. The highest BCUT2D eigenvalue weighted by atomic mass is 16.6. The van der Waals surface area contributed by atoms with Gasteiger partial charge in [-0.25, -0.2) is 4.79 Å². The molecule has 5 heteroatoms. The van der Waals surface area contributed by atoms with Gasteiger partial charge in [-0.3, -0.25) is 4.79 Å². The molecule has 0 saturated carbocycles. The average molecular weight is 412 g/mol. The maximum Gasteiger partial charge on any atom is 0.409 e. The van der Waals surface area contributed by atoms with Crippen molar-refractivity contribution in [2.75, 3.05) is 26.3 Å². The topological polar surface area (TPSA) is 55.8 Å². The Kier molecular flexibility index (Phi) is 15.6. The van der Waals surface area contributed by atoms with E-state index in [0.29, 0.717) is 39.1 Å². The van der Waals surface area contributed by atoms with E-state index in [1.165, 1.54) is 70.6 Å². The molecule has 1 rings (SSSR count). The van der Waals surface area contributed by atoms with Crippen LogP contribution in [0.3, 0.4) is 0 Å². The summed E-state index contributed by atoms with van der Waals surface area (Å²) in [5.41, 5.74) is 0. The molecule has 1 saturated heterocycles. The predicted octanol–water partition coefficient (Wildman–Crippen LogP) is 6.49. The number of piperidine rings is 1. The van der Waals surface area contributed by atoms with E-state index in [9.17, 15) is 9.59 Å². The van der Waals surface area contributed by atoms with Crippen molar-refractivity contribution in [1.29, 1.82) is 0 Å². The van der Waals surface area contributed by atoms with Crippen molar-refractivity contribution in [3.05, 3.63) is 0 Å². The van der Waals surface area contributed by atoms with Crippen LogP contribution in [0.25, 0.3) is 0 Å². The fourth-order valence-electron chi connectivity index (χ4n) is 3.92. The standard InChI is InChI=1S/C24H45NO4/c1-3-5-6-7-8-9-10-11-12-13-14-15-16-21-29-23(26)22-17-19-25(20-18-22)24(27)28-4-2/h22H,3-21H2,1-2H3. The van der Waals surface area contributed by atoms with Crippen molar-refractivity contribution in [3.8, 4) is 0 Å². The first-order chi connectivity index (χ1) is 14.2. The lowest BCUT2D eigenvalue weighted by atomic mass is 9.97. The zero-order valence-corrected chi connectivity index (χ0v) is 19.1. The first-order valence-electron chi connectivity index (χ1n) is 12.3. The number of likely N-dealkylation sites (tertiary alicyclic amines) is 1. The molecular formula is C24H45NO4. The molecule has 0 radical (unpaired) electrons. The van der Waals surface area contributed by atoms with Crippen molar-refractivity contribution in [2.24, 2.45) is 5.92 Å². The molecule has 5 nitrogen and oxygen atoms in total. The molecule has 170 valence electrons. The number of hydrogen-bond donors (Lipinski definition) is 0. The third-order valence-electron chi connectivity index (χ3n) is 5.85. The lowest BCUT2D eigenvalue weighted by molar-refractivity contribution is -0.150. The molecule has 1 heterocycles. The molecule has 0 bridgehead atoms. The Bertz CT molecular complexity index is 419. The largest absolute Gasteiger partial charge is 0.465 e. The monoisotopic (exact) mass is 411 g/mol. The van der Waals surface area contributed by atoms with E-state index >= 15 is 0 Å². The number of unbranched alkanes of at least 4 members (excludes halogenated alkanes) is 12. The van der Waals surface area contributed by atoms with E-state index in [1.807, 2.05) is 0 Å². The van der Waals surface area contributed by atoms with Crippen LogP contribution in [0.1, 0.15) is 110 Å². The van der Waals surface area contributed by atoms with Crippen LogP contribution in [-0.2, 0) is 14.3 Å². The quantitative estimate of drug-likeness (QED) is 0.215. The highest BCUT2D eigenvalue weighted by Gasteiger charge is 2.28. The maximum absolute atomic E-state index is 12.2. The number of carbonyl (C=O) groups excluding carboxylic acids is 2. The van der Waals surface area contributed by atoms with Crippen LogP contribution in [0, 0.1) is 5.92 Å². The van der Waals surface area contributed by atoms with Crippen LogP contribution >= 0.6 is 0 Å². The summed E-state index contributed by atoms with van der Waals surface area (Å²) in [6.45, 7) is 6.16. The highest BCUT2D eigenvalue weighted by Crippen LogP contribution is 2.19. The Balaban J connectivity index is 1.88. The fourth-order valence-corrected chi connectivity index (χ4v) is 3.92. The number of amides is 1. The minimum absolute atomic E-state index is 0.0670. The Morgan fingerprint density at radius 3 is 1.69 bits per heavy atom. The maximum atomic E-state index is 12.2. The van der Waals surface area contributed by atoms with Gasteiger partial charge in [0.1, 0.15) is 0 Å². The summed E-state index contributed by atoms with van der Waals surface area (Å²) in [5, 5.41) is 0. The Labute approximate surface area is 178 Å². The molecule has 0 aromatic carbocycles. The van der Waals surface area contributed by atoms with Crippen molar-refractivity contribution in [3.63, 3.8) is 0 Å². The van der Waals surface area contributed by atoms with E-state index in [0.717, 1.165) is 12.8 Å². The first kappa shape index (κ1) is 25.8. The van der Waals surface area contributed by atoms with E-state index in [1.54, 1.807) is 11.8 Å². The minimum Gasteiger partial charge on any atom is -0.465 e. The summed E-state index contributed by atoms with van der Waals surface area (Å²) in [4.78, 5) is 25.5. The van der Waals surface area contributed by atoms with Crippen LogP contribution in [0.2, 0.25) is 0 Å². The van der Waals surface area contributed by atoms with E-state index < -0.39 is 0 Å². The first-order valence-corrected chi connectivity index (χ1v) is 12.3. The van der Waals surface area contributed by atoms with Gasteiger partial charge in [0, 0.05) is 13.1 Å². The van der Waals surface area contributed by atoms with Crippen LogP contribution in [0.15, 0.2) is 0 Å². The van der Waals surface area contributed by atoms with Crippen LogP contribution in [0.4, 0.5) is 4.79 Å². The van der Waals surface area contributed by atoms with Crippen molar-refractivity contribution < 1.29 is 19.1 Å². The second-order valence-corrected chi connectivity index (χ2v) is 8.37. The van der Waals surface area contributed by atoms with Gasteiger partial charge in [-0.1, -0.05) is 84.0 Å². The van der Waals surface area contributed by atoms with Crippen molar-refractivity contribution >= 4 is 12.1 Å². The van der Waals surface area contributed by atoms with Crippen LogP contribution in [0.5, 0.6) is 0 Å². The third kappa shape index (κ3) is 12.8. The summed E-state index contributed by atoms with van der Waals surface area (Å²) in [6, 6.07) is 0. The predicted molar refractivity (Wildman–Crippen MR) is 118 cm³/mol. The van der Waals surface area contributed by atoms with Gasteiger partial charge in [0.05, 0.1) is 19.1 Å². The van der Waals surface area contributed by atoms with Gasteiger partial charge in [-0.05, 0) is 26.2 Å². The second-order valence-electron chi connectivity index (χ2n) is 8.37. The molecule has 1 aliphatic rings. The molecule has 0 aliphatic carbocycles. The minimum atomic E-state index is -0.272. The number of ether oxygens (including phenoxy) is 2. The Morgan fingerprint density at radius 1 is 0.724 bits per heavy atom. The number of esters is 1. The van der Waals surface area contributed by atoms with E-state index in [-0.39, 0.29) is 18.0 Å². The fraction of sp³-hybridized carbons (Fsp3) is 0.917. The van der Waals surface area contributed by atoms with Gasteiger partial charge in [0.2, 0.25) is 0 Å². The smallest absolute Gasteiger partial charge is 0.409 e. The number of nitrogens with zero attached hydrogens (tertiary/aromatic N) is 1. The molecule has 0 spiro atoms. The van der Waals surface area contributed by atoms with Gasteiger partial charge in [-0.15, -0.1) is 0 Å². The van der Waals surface area contributed by atoms with Crippen molar-refractivity contribution in [1.82, 2.24) is 4.90 Å². The molecule has 0 N–H and O–H groups in total. The summed E-state index contributed by atoms with van der Waals surface area (Å²) in [7, 11) is 0. The van der Waals surface area contributed by atoms with Gasteiger partial charge >= 0.3 is 12.1 Å². The van der Waals surface area contributed by atoms with Crippen LogP contribution in [-0.4, -0.2) is 43.3 Å². The molecule has 1 aliphatic heterocycles. The molecule has 0 atom stereocenters. The van der Waals surface area contributed by atoms with Crippen LogP contribution < -0.4 is 0 Å². The molecular weight excluding hydrogens is 366 g/mol. The summed E-state index contributed by atoms with van der Waals surface area (Å²) in [5.74, 6) is -0.157. The molecule has 0 unspecified atom stereocenters. The second kappa shape index (κ2) is 17.6. The Hall–Kier alpha value is -1.26. The average Bonchev–Trinajstić information content (AvgIpc) is 2.74. The summed E-state index contributed by atoms with van der Waals surface area (Å²) in [6.07, 6.45) is 18.2. The highest BCUT2D eigenvalue weighted by molar-refractivity contribution is 5.73. The number of carbonyl (C=O) groups is 2. The third-order valence-corrected chi connectivity index (χ3v) is 5.85. The molecule has 1 fully saturated rings. The molecule has 29 heavy (non-hydrogen) atoms. The summed E-state index contributed by atoms with van der Waals surface area (Å²) < 4.78 is 10.5. The SMILES string of the molecule is CCCCCCCCCCCCCCCOC(=O)C1CCN(C(=O)OCC)CC1. The lowest BCUT2D eigenvalue weighted by Crippen LogP contribution is -2.41. The van der Waals surface area contributed by atoms with E-state index in [2.05, 4.69) is 6.92 Å². The number of hydrogen-bond acceptors (Lipinski definition) is 4. The molecule has 0 aromatic rings. The van der Waals surface area contributed by atoms with Crippen molar-refractivity contribution in [2.45, 2.75) is 110 Å². The van der Waals surface area contributed by atoms with Gasteiger partial charge in [0.25, 0.3) is 0 Å². The number of rotatable bonds is 16. The van der Waals surface area contributed by atoms with Gasteiger partial charge in [-0.2, -0.15) is 0 Å². The molecule has 0 aromatic heterocycles. The Morgan fingerprint density at radius 2 is 1.21 bits per heavy atom. The van der Waals surface area contributed by atoms with Gasteiger partial charge in [0.15, 0.2) is 0 Å². The van der Waals surface area contributed by atoms with E-state index in [4.69, 9.17) is 9.47 Å². The molecule has 1 amide bonds. The lowest BCUT2D eigenvalue weighted by Gasteiger charge is -2.30. The van der Waals surface area contributed by atoms with Gasteiger partial charge < -0.3 is 14.4 Å². The zero-order valence-electron chi connectivity index (χ0n) is 19.1.